The molecule has 0 amide bonds. The fourth-order valence-corrected chi connectivity index (χ4v) is 2.04. The zero-order valence-corrected chi connectivity index (χ0v) is 11.9. The molecule has 1 aromatic heterocycles. The van der Waals surface area contributed by atoms with Gasteiger partial charge in [0.15, 0.2) is 0 Å². The van der Waals surface area contributed by atoms with Crippen LogP contribution in [0.3, 0.4) is 0 Å². The van der Waals surface area contributed by atoms with Crippen molar-refractivity contribution in [1.29, 1.82) is 0 Å². The average Bonchev–Trinajstić information content (AvgIpc) is 2.59. The van der Waals surface area contributed by atoms with E-state index in [1.165, 1.54) is 12.3 Å². The first-order valence-electron chi connectivity index (χ1n) is 6.99. The predicted octanol–water partition coefficient (Wildman–Crippen LogP) is 4.08. The second kappa shape index (κ2) is 6.59. The molecule has 0 bridgehead atoms. The molecule has 0 atom stereocenters. The van der Waals surface area contributed by atoms with E-state index >= 15 is 0 Å². The van der Waals surface area contributed by atoms with E-state index in [1.807, 2.05) is 66.7 Å². The third-order valence-electron chi connectivity index (χ3n) is 3.15. The van der Waals surface area contributed by atoms with Crippen LogP contribution in [0.4, 0.5) is 0 Å². The highest BCUT2D eigenvalue weighted by molar-refractivity contribution is 6.03. The quantitative estimate of drug-likeness (QED) is 0.412. The minimum absolute atomic E-state index is 0.157. The van der Waals surface area contributed by atoms with Gasteiger partial charge in [0.05, 0.1) is 17.2 Å². The Labute approximate surface area is 128 Å². The molecule has 1 heterocycles. The minimum Gasteiger partial charge on any atom is -0.287 e. The molecule has 0 N–H and O–H groups in total. The van der Waals surface area contributed by atoms with Crippen LogP contribution in [0.15, 0.2) is 79.0 Å². The smallest absolute Gasteiger partial charge is 0.205 e. The van der Waals surface area contributed by atoms with E-state index in [0.717, 1.165) is 16.6 Å². The van der Waals surface area contributed by atoms with Crippen molar-refractivity contribution in [3.8, 4) is 0 Å². The summed E-state index contributed by atoms with van der Waals surface area (Å²) in [6, 6.07) is 17.4. The molecule has 22 heavy (non-hydrogen) atoms. The number of carbonyl (C=O) groups is 1. The number of hydrogen-bond acceptors (Lipinski definition) is 3. The van der Waals surface area contributed by atoms with E-state index in [1.54, 1.807) is 6.08 Å². The summed E-state index contributed by atoms with van der Waals surface area (Å²) in [5.41, 5.74) is 2.95. The molecule has 0 aliphatic heterocycles. The van der Waals surface area contributed by atoms with Crippen molar-refractivity contribution in [3.05, 3.63) is 90.3 Å². The third-order valence-corrected chi connectivity index (χ3v) is 3.15. The number of rotatable bonds is 4. The van der Waals surface area contributed by atoms with Crippen LogP contribution in [0.5, 0.6) is 0 Å². The van der Waals surface area contributed by atoms with Crippen LogP contribution < -0.4 is 0 Å². The second-order valence-electron chi connectivity index (χ2n) is 4.74. The van der Waals surface area contributed by atoms with Crippen molar-refractivity contribution in [2.24, 2.45) is 0 Å². The first-order valence-corrected chi connectivity index (χ1v) is 6.99. The summed E-state index contributed by atoms with van der Waals surface area (Å²) in [5, 5.41) is 0. The minimum atomic E-state index is -0.157. The van der Waals surface area contributed by atoms with Gasteiger partial charge in [-0.15, -0.1) is 0 Å². The van der Waals surface area contributed by atoms with Crippen molar-refractivity contribution in [1.82, 2.24) is 9.97 Å². The Balaban J connectivity index is 1.73. The van der Waals surface area contributed by atoms with Gasteiger partial charge in [0, 0.05) is 0 Å². The van der Waals surface area contributed by atoms with Gasteiger partial charge in [-0.1, -0.05) is 60.7 Å². The van der Waals surface area contributed by atoms with Gasteiger partial charge in [-0.2, -0.15) is 0 Å². The van der Waals surface area contributed by atoms with E-state index in [9.17, 15) is 4.79 Å². The lowest BCUT2D eigenvalue weighted by molar-refractivity contribution is 0.104. The zero-order chi connectivity index (χ0) is 15.2. The van der Waals surface area contributed by atoms with E-state index in [2.05, 4.69) is 9.97 Å². The van der Waals surface area contributed by atoms with Gasteiger partial charge < -0.3 is 0 Å². The van der Waals surface area contributed by atoms with Crippen LogP contribution >= 0.6 is 0 Å². The molecule has 0 fully saturated rings. The number of carbonyl (C=O) groups excluding carboxylic acids is 1. The number of allylic oxidation sites excluding steroid dienone is 3. The highest BCUT2D eigenvalue weighted by Crippen LogP contribution is 2.09. The van der Waals surface area contributed by atoms with Crippen LogP contribution in [0.25, 0.3) is 17.1 Å². The number of ketones is 1. The number of fused-ring (bicyclic) bond motifs is 1. The molecule has 0 aliphatic carbocycles. The average molecular weight is 286 g/mol. The lowest BCUT2D eigenvalue weighted by Gasteiger charge is -1.98. The molecule has 3 nitrogen and oxygen atoms in total. The van der Waals surface area contributed by atoms with Crippen LogP contribution in [0, 0.1) is 0 Å². The molecule has 0 radical (unpaired) electrons. The van der Waals surface area contributed by atoms with Crippen molar-refractivity contribution in [3.63, 3.8) is 0 Å². The highest BCUT2D eigenvalue weighted by Gasteiger charge is 2.05. The van der Waals surface area contributed by atoms with Crippen LogP contribution in [-0.2, 0) is 0 Å². The van der Waals surface area contributed by atoms with E-state index in [4.69, 9.17) is 0 Å². The largest absolute Gasteiger partial charge is 0.287 e. The number of nitrogens with zero attached hydrogens (tertiary/aromatic N) is 2. The lowest BCUT2D eigenvalue weighted by Crippen LogP contribution is -1.99. The maximum atomic E-state index is 12.1. The van der Waals surface area contributed by atoms with Gasteiger partial charge >= 0.3 is 0 Å². The monoisotopic (exact) mass is 286 g/mol. The molecule has 106 valence electrons. The molecule has 0 saturated carbocycles. The van der Waals surface area contributed by atoms with Gasteiger partial charge in [0.2, 0.25) is 5.78 Å². The van der Waals surface area contributed by atoms with Crippen LogP contribution in [0.1, 0.15) is 16.1 Å². The van der Waals surface area contributed by atoms with Gasteiger partial charge in [-0.3, -0.25) is 9.78 Å². The molecule has 0 spiro atoms. The summed E-state index contributed by atoms with van der Waals surface area (Å²) >= 11 is 0. The van der Waals surface area contributed by atoms with Crippen molar-refractivity contribution in [2.45, 2.75) is 0 Å². The molecule has 3 aromatic rings. The summed E-state index contributed by atoms with van der Waals surface area (Å²) in [5.74, 6) is -0.157. The van der Waals surface area contributed by atoms with Crippen molar-refractivity contribution < 1.29 is 4.79 Å². The summed E-state index contributed by atoms with van der Waals surface area (Å²) in [6.45, 7) is 0. The van der Waals surface area contributed by atoms with Crippen LogP contribution in [-0.4, -0.2) is 15.8 Å². The zero-order valence-electron chi connectivity index (χ0n) is 11.9. The molecular weight excluding hydrogens is 272 g/mol. The Bertz CT molecular complexity index is 851. The fraction of sp³-hybridized carbons (Fsp3) is 0. The molecular formula is C19H14N2O. The second-order valence-corrected chi connectivity index (χ2v) is 4.74. The number of para-hydroxylation sites is 2. The van der Waals surface area contributed by atoms with Crippen LogP contribution in [0.2, 0.25) is 0 Å². The Hall–Kier alpha value is -3.07. The van der Waals surface area contributed by atoms with E-state index in [-0.39, 0.29) is 5.78 Å². The number of aromatic nitrogens is 2. The molecule has 0 aliphatic rings. The summed E-state index contributed by atoms with van der Waals surface area (Å²) in [6.07, 6.45) is 8.50. The highest BCUT2D eigenvalue weighted by atomic mass is 16.1. The maximum absolute atomic E-state index is 12.1. The van der Waals surface area contributed by atoms with Gasteiger partial charge in [0.25, 0.3) is 0 Å². The molecule has 0 saturated heterocycles. The van der Waals surface area contributed by atoms with E-state index < -0.39 is 0 Å². The Morgan fingerprint density at radius 2 is 1.59 bits per heavy atom. The normalized spacial score (nSPS) is 11.5. The third kappa shape index (κ3) is 3.33. The number of hydrogen-bond donors (Lipinski definition) is 0. The topological polar surface area (TPSA) is 42.9 Å². The lowest BCUT2D eigenvalue weighted by atomic mass is 10.2. The Morgan fingerprint density at radius 1 is 0.864 bits per heavy atom. The standard InChI is InChI=1S/C19H14N2O/c22-19(13-7-4-10-15-8-2-1-3-9-15)18-14-20-16-11-5-6-12-17(16)21-18/h1-14H/b10-4+,13-7+. The van der Waals surface area contributed by atoms with Gasteiger partial charge in [-0.05, 0) is 23.8 Å². The molecule has 3 rings (SSSR count). The van der Waals surface area contributed by atoms with Crippen molar-refractivity contribution in [2.75, 3.05) is 0 Å². The SMILES string of the molecule is O=C(/C=C/C=C/c1ccccc1)c1cnc2ccccc2n1. The predicted molar refractivity (Wildman–Crippen MR) is 88.5 cm³/mol. The first kappa shape index (κ1) is 13.9. The summed E-state index contributed by atoms with van der Waals surface area (Å²) in [4.78, 5) is 20.6. The number of benzene rings is 2. The van der Waals surface area contributed by atoms with E-state index in [0.29, 0.717) is 5.69 Å². The molecule has 0 unspecified atom stereocenters. The Morgan fingerprint density at radius 3 is 2.41 bits per heavy atom. The van der Waals surface area contributed by atoms with Gasteiger partial charge in [-0.25, -0.2) is 4.98 Å². The summed E-state index contributed by atoms with van der Waals surface area (Å²) < 4.78 is 0. The van der Waals surface area contributed by atoms with Crippen molar-refractivity contribution >= 4 is 22.9 Å². The molecule has 3 heteroatoms. The molecule has 2 aromatic carbocycles. The first-order chi connectivity index (χ1) is 10.8. The Kier molecular flexibility index (Phi) is 4.16. The van der Waals surface area contributed by atoms with Gasteiger partial charge in [0.1, 0.15) is 5.69 Å². The summed E-state index contributed by atoms with van der Waals surface area (Å²) in [7, 11) is 0. The maximum Gasteiger partial charge on any atom is 0.205 e. The fourth-order valence-electron chi connectivity index (χ4n) is 2.04.